The third-order valence-corrected chi connectivity index (χ3v) is 1.79. The lowest BCUT2D eigenvalue weighted by Gasteiger charge is -2.18. The van der Waals surface area contributed by atoms with E-state index in [0.717, 1.165) is 4.68 Å². The van der Waals surface area contributed by atoms with Gasteiger partial charge in [-0.3, -0.25) is 4.79 Å². The summed E-state index contributed by atoms with van der Waals surface area (Å²) in [6.07, 6.45) is 2.39. The summed E-state index contributed by atoms with van der Waals surface area (Å²) >= 11 is 0. The van der Waals surface area contributed by atoms with Crippen LogP contribution in [0.15, 0.2) is 12.4 Å². The summed E-state index contributed by atoms with van der Waals surface area (Å²) in [4.78, 5) is 22.6. The van der Waals surface area contributed by atoms with Crippen LogP contribution in [0.4, 0.5) is 4.79 Å². The molecule has 1 rings (SSSR count). The number of carbonyl (C=O) groups excluding carboxylic acids is 2. The largest absolute Gasteiger partial charge is 0.469 e. The lowest BCUT2D eigenvalue weighted by Crippen LogP contribution is -2.27. The summed E-state index contributed by atoms with van der Waals surface area (Å²) in [6, 6.07) is 0. The molecular formula is C11H16N2O4. The van der Waals surface area contributed by atoms with Gasteiger partial charge in [-0.15, -0.1) is 0 Å². The van der Waals surface area contributed by atoms with Crippen molar-refractivity contribution in [2.45, 2.75) is 32.8 Å². The van der Waals surface area contributed by atoms with E-state index in [2.05, 4.69) is 9.84 Å². The van der Waals surface area contributed by atoms with E-state index in [1.807, 2.05) is 0 Å². The highest BCUT2D eigenvalue weighted by atomic mass is 16.6. The van der Waals surface area contributed by atoms with E-state index < -0.39 is 11.7 Å². The Bertz CT molecular complexity index is 417. The van der Waals surface area contributed by atoms with Crippen molar-refractivity contribution < 1.29 is 19.1 Å². The number of esters is 1. The molecule has 0 aromatic carbocycles. The van der Waals surface area contributed by atoms with E-state index in [1.165, 1.54) is 19.5 Å². The van der Waals surface area contributed by atoms with E-state index in [4.69, 9.17) is 4.74 Å². The molecule has 6 heteroatoms. The number of methoxy groups -OCH3 is 1. The Morgan fingerprint density at radius 1 is 1.41 bits per heavy atom. The molecule has 1 aromatic heterocycles. The van der Waals surface area contributed by atoms with Gasteiger partial charge in [0.2, 0.25) is 0 Å². The maximum atomic E-state index is 11.6. The topological polar surface area (TPSA) is 70.4 Å². The van der Waals surface area contributed by atoms with Crippen molar-refractivity contribution in [1.82, 2.24) is 9.78 Å². The fourth-order valence-electron chi connectivity index (χ4n) is 1.10. The molecule has 0 aliphatic carbocycles. The first kappa shape index (κ1) is 13.2. The summed E-state index contributed by atoms with van der Waals surface area (Å²) < 4.78 is 10.7. The summed E-state index contributed by atoms with van der Waals surface area (Å²) in [6.45, 7) is 5.30. The second kappa shape index (κ2) is 4.99. The van der Waals surface area contributed by atoms with Crippen LogP contribution >= 0.6 is 0 Å². The average Bonchev–Trinajstić information content (AvgIpc) is 2.63. The molecule has 0 radical (unpaired) electrons. The quantitative estimate of drug-likeness (QED) is 0.730. The predicted molar refractivity (Wildman–Crippen MR) is 59.6 cm³/mol. The summed E-state index contributed by atoms with van der Waals surface area (Å²) in [5, 5.41) is 3.82. The van der Waals surface area contributed by atoms with Crippen LogP contribution in [0, 0.1) is 0 Å². The van der Waals surface area contributed by atoms with Crippen molar-refractivity contribution >= 4 is 12.1 Å². The average molecular weight is 240 g/mol. The van der Waals surface area contributed by atoms with Gasteiger partial charge in [0.25, 0.3) is 0 Å². The minimum atomic E-state index is -0.578. The van der Waals surface area contributed by atoms with Gasteiger partial charge in [0.1, 0.15) is 5.60 Å². The monoisotopic (exact) mass is 240 g/mol. The third kappa shape index (κ3) is 4.26. The van der Waals surface area contributed by atoms with Crippen molar-refractivity contribution in [2.75, 3.05) is 7.11 Å². The zero-order chi connectivity index (χ0) is 13.1. The lowest BCUT2D eigenvalue weighted by atomic mass is 10.2. The SMILES string of the molecule is COC(=O)Cc1cnn(C(=O)OC(C)(C)C)c1. The molecule has 6 nitrogen and oxygen atoms in total. The second-order valence-electron chi connectivity index (χ2n) is 4.53. The first-order chi connectivity index (χ1) is 7.81. The number of aromatic nitrogens is 2. The number of rotatable bonds is 2. The Hall–Kier alpha value is -1.85. The fraction of sp³-hybridized carbons (Fsp3) is 0.545. The Balaban J connectivity index is 2.68. The predicted octanol–water partition coefficient (Wildman–Crippen LogP) is 1.38. The molecule has 0 fully saturated rings. The zero-order valence-corrected chi connectivity index (χ0v) is 10.4. The smallest absolute Gasteiger partial charge is 0.435 e. The van der Waals surface area contributed by atoms with E-state index in [9.17, 15) is 9.59 Å². The molecule has 0 amide bonds. The minimum Gasteiger partial charge on any atom is -0.469 e. The van der Waals surface area contributed by atoms with Crippen LogP contribution in [0.3, 0.4) is 0 Å². The molecule has 0 bridgehead atoms. The van der Waals surface area contributed by atoms with Gasteiger partial charge < -0.3 is 9.47 Å². The van der Waals surface area contributed by atoms with Crippen LogP contribution in [0.25, 0.3) is 0 Å². The second-order valence-corrected chi connectivity index (χ2v) is 4.53. The van der Waals surface area contributed by atoms with Gasteiger partial charge in [0.05, 0.1) is 19.7 Å². The van der Waals surface area contributed by atoms with Crippen molar-refractivity contribution in [2.24, 2.45) is 0 Å². The maximum Gasteiger partial charge on any atom is 0.435 e. The number of hydrogen-bond acceptors (Lipinski definition) is 5. The first-order valence-electron chi connectivity index (χ1n) is 5.15. The van der Waals surface area contributed by atoms with Gasteiger partial charge in [-0.05, 0) is 20.8 Å². The molecular weight excluding hydrogens is 224 g/mol. The molecule has 0 aliphatic rings. The molecule has 0 saturated heterocycles. The highest BCUT2D eigenvalue weighted by Gasteiger charge is 2.18. The van der Waals surface area contributed by atoms with E-state index >= 15 is 0 Å². The summed E-state index contributed by atoms with van der Waals surface area (Å²) in [7, 11) is 1.31. The van der Waals surface area contributed by atoms with E-state index in [1.54, 1.807) is 20.8 Å². The molecule has 0 atom stereocenters. The van der Waals surface area contributed by atoms with E-state index in [0.29, 0.717) is 5.56 Å². The fourth-order valence-corrected chi connectivity index (χ4v) is 1.10. The molecule has 0 unspecified atom stereocenters. The molecule has 17 heavy (non-hydrogen) atoms. The van der Waals surface area contributed by atoms with Crippen molar-refractivity contribution in [3.63, 3.8) is 0 Å². The van der Waals surface area contributed by atoms with E-state index in [-0.39, 0.29) is 12.4 Å². The third-order valence-electron chi connectivity index (χ3n) is 1.79. The highest BCUT2D eigenvalue weighted by Crippen LogP contribution is 2.09. The molecule has 0 saturated carbocycles. The number of ether oxygens (including phenoxy) is 2. The van der Waals surface area contributed by atoms with Crippen LogP contribution in [0.2, 0.25) is 0 Å². The Morgan fingerprint density at radius 3 is 2.59 bits per heavy atom. The number of hydrogen-bond donors (Lipinski definition) is 0. The van der Waals surface area contributed by atoms with Crippen molar-refractivity contribution in [1.29, 1.82) is 0 Å². The summed E-state index contributed by atoms with van der Waals surface area (Å²) in [5.74, 6) is -0.381. The van der Waals surface area contributed by atoms with Crippen LogP contribution in [-0.2, 0) is 20.7 Å². The Morgan fingerprint density at radius 2 is 2.06 bits per heavy atom. The molecule has 1 heterocycles. The molecule has 0 spiro atoms. The Labute approximate surface area is 99.5 Å². The molecule has 0 N–H and O–H groups in total. The maximum absolute atomic E-state index is 11.6. The van der Waals surface area contributed by atoms with Crippen molar-refractivity contribution in [3.8, 4) is 0 Å². The summed E-state index contributed by atoms with van der Waals surface area (Å²) in [5.41, 5.74) is 0.0219. The minimum absolute atomic E-state index is 0.0826. The first-order valence-corrected chi connectivity index (χ1v) is 5.15. The number of nitrogens with zero attached hydrogens (tertiary/aromatic N) is 2. The molecule has 0 aliphatic heterocycles. The van der Waals surface area contributed by atoms with Crippen LogP contribution in [-0.4, -0.2) is 34.6 Å². The highest BCUT2D eigenvalue weighted by molar-refractivity contribution is 5.73. The molecule has 94 valence electrons. The van der Waals surface area contributed by atoms with Gasteiger partial charge >= 0.3 is 12.1 Å². The molecule has 1 aromatic rings. The van der Waals surface area contributed by atoms with Crippen LogP contribution in [0.5, 0.6) is 0 Å². The van der Waals surface area contributed by atoms with Gasteiger partial charge in [-0.2, -0.15) is 9.78 Å². The zero-order valence-electron chi connectivity index (χ0n) is 10.4. The van der Waals surface area contributed by atoms with Crippen LogP contribution < -0.4 is 0 Å². The Kier molecular flexibility index (Phi) is 3.88. The lowest BCUT2D eigenvalue weighted by molar-refractivity contribution is -0.139. The van der Waals surface area contributed by atoms with Crippen molar-refractivity contribution in [3.05, 3.63) is 18.0 Å². The van der Waals surface area contributed by atoms with Crippen LogP contribution in [0.1, 0.15) is 26.3 Å². The van der Waals surface area contributed by atoms with Gasteiger partial charge in [0, 0.05) is 11.8 Å². The standard InChI is InChI=1S/C11H16N2O4/c1-11(2,3)17-10(15)13-7-8(6-12-13)5-9(14)16-4/h6-7H,5H2,1-4H3. The van der Waals surface area contributed by atoms with Gasteiger partial charge in [-0.25, -0.2) is 4.79 Å². The van der Waals surface area contributed by atoms with Gasteiger partial charge in [-0.1, -0.05) is 0 Å². The van der Waals surface area contributed by atoms with Gasteiger partial charge in [0.15, 0.2) is 0 Å². The normalized spacial score (nSPS) is 11.1. The number of carbonyl (C=O) groups is 2.